The molecule has 2 rings (SSSR count). The molecular weight excluding hydrogens is 220 g/mol. The van der Waals surface area contributed by atoms with Gasteiger partial charge in [0.05, 0.1) is 11.7 Å². The lowest BCUT2D eigenvalue weighted by Crippen LogP contribution is -2.37. The van der Waals surface area contributed by atoms with Crippen molar-refractivity contribution < 1.29 is 9.59 Å². The number of amides is 2. The van der Waals surface area contributed by atoms with Crippen molar-refractivity contribution in [1.82, 2.24) is 15.1 Å². The fourth-order valence-corrected chi connectivity index (χ4v) is 2.27. The van der Waals surface area contributed by atoms with Gasteiger partial charge in [-0.1, -0.05) is 0 Å². The summed E-state index contributed by atoms with van der Waals surface area (Å²) in [6.07, 6.45) is 2.98. The van der Waals surface area contributed by atoms with E-state index in [1.54, 1.807) is 13.0 Å². The number of carbonyl (C=O) groups excluding carboxylic acids is 2. The summed E-state index contributed by atoms with van der Waals surface area (Å²) in [4.78, 5) is 24.3. The smallest absolute Gasteiger partial charge is 0.269 e. The number of carbonyl (C=O) groups is 2. The molecule has 0 spiro atoms. The van der Waals surface area contributed by atoms with Crippen molar-refractivity contribution in [2.45, 2.75) is 32.2 Å². The largest absolute Gasteiger partial charge is 0.364 e. The molecule has 1 saturated heterocycles. The van der Waals surface area contributed by atoms with Crippen molar-refractivity contribution in [3.8, 4) is 0 Å². The van der Waals surface area contributed by atoms with Crippen LogP contribution in [0.4, 0.5) is 0 Å². The number of nitrogens with two attached hydrogens (primary N) is 1. The number of likely N-dealkylation sites (tertiary alicyclic amines) is 1. The first kappa shape index (κ1) is 11.6. The van der Waals surface area contributed by atoms with Gasteiger partial charge in [-0.3, -0.25) is 14.7 Å². The van der Waals surface area contributed by atoms with E-state index in [0.29, 0.717) is 0 Å². The molecule has 1 fully saturated rings. The third kappa shape index (κ3) is 2.30. The first-order chi connectivity index (χ1) is 8.09. The van der Waals surface area contributed by atoms with Crippen LogP contribution in [0.5, 0.6) is 0 Å². The summed E-state index contributed by atoms with van der Waals surface area (Å²) in [5.41, 5.74) is 6.15. The summed E-state index contributed by atoms with van der Waals surface area (Å²) in [7, 11) is 0. The van der Waals surface area contributed by atoms with Crippen LogP contribution in [0.25, 0.3) is 0 Å². The average Bonchev–Trinajstić information content (AvgIpc) is 2.78. The van der Waals surface area contributed by atoms with Gasteiger partial charge in [-0.05, 0) is 25.3 Å². The molecule has 0 aromatic carbocycles. The Kier molecular flexibility index (Phi) is 3.12. The molecule has 2 heterocycles. The molecule has 0 saturated carbocycles. The van der Waals surface area contributed by atoms with Crippen molar-refractivity contribution in [3.05, 3.63) is 17.5 Å². The number of nitrogens with one attached hydrogen (secondary N) is 1. The quantitative estimate of drug-likeness (QED) is 0.786. The van der Waals surface area contributed by atoms with Crippen molar-refractivity contribution in [2.75, 3.05) is 6.54 Å². The number of nitrogens with zero attached hydrogens (tertiary/aromatic N) is 2. The molecule has 1 aromatic rings. The molecule has 17 heavy (non-hydrogen) atoms. The Labute approximate surface area is 99.2 Å². The second kappa shape index (κ2) is 4.57. The summed E-state index contributed by atoms with van der Waals surface area (Å²) in [5, 5.41) is 6.64. The molecule has 92 valence electrons. The number of rotatable bonds is 2. The summed E-state index contributed by atoms with van der Waals surface area (Å²) < 4.78 is 0. The van der Waals surface area contributed by atoms with E-state index in [1.807, 2.05) is 4.90 Å². The number of hydrogen-bond acceptors (Lipinski definition) is 3. The van der Waals surface area contributed by atoms with E-state index in [-0.39, 0.29) is 17.6 Å². The molecule has 1 aliphatic rings. The van der Waals surface area contributed by atoms with Crippen LogP contribution < -0.4 is 5.73 Å². The van der Waals surface area contributed by atoms with E-state index in [0.717, 1.165) is 31.5 Å². The molecule has 0 bridgehead atoms. The van der Waals surface area contributed by atoms with Crippen LogP contribution in [0.1, 0.15) is 48.4 Å². The minimum Gasteiger partial charge on any atom is -0.364 e. The van der Waals surface area contributed by atoms with Gasteiger partial charge in [0.15, 0.2) is 0 Å². The molecule has 1 aromatic heterocycles. The zero-order valence-corrected chi connectivity index (χ0v) is 9.77. The van der Waals surface area contributed by atoms with E-state index in [4.69, 9.17) is 5.73 Å². The minimum absolute atomic E-state index is 0.0122. The minimum atomic E-state index is -0.558. The van der Waals surface area contributed by atoms with Gasteiger partial charge in [0, 0.05) is 13.5 Å². The van der Waals surface area contributed by atoms with Crippen LogP contribution >= 0.6 is 0 Å². The van der Waals surface area contributed by atoms with Crippen LogP contribution in [0.3, 0.4) is 0 Å². The highest BCUT2D eigenvalue weighted by Gasteiger charge is 2.27. The Morgan fingerprint density at radius 3 is 2.88 bits per heavy atom. The number of aromatic amines is 1. The van der Waals surface area contributed by atoms with Crippen molar-refractivity contribution in [3.63, 3.8) is 0 Å². The normalized spacial score (nSPS) is 20.3. The van der Waals surface area contributed by atoms with Crippen LogP contribution in [0, 0.1) is 0 Å². The van der Waals surface area contributed by atoms with Gasteiger partial charge in [0.25, 0.3) is 5.91 Å². The molecule has 1 atom stereocenters. The lowest BCUT2D eigenvalue weighted by Gasteiger charge is -2.34. The third-order valence-electron chi connectivity index (χ3n) is 3.12. The summed E-state index contributed by atoms with van der Waals surface area (Å²) >= 11 is 0. The Bertz CT molecular complexity index is 440. The van der Waals surface area contributed by atoms with E-state index in [1.165, 1.54) is 0 Å². The SMILES string of the molecule is CC(=O)N1CCCC[C@@H]1c1cc(C(N)=O)n[nH]1. The van der Waals surface area contributed by atoms with Gasteiger partial charge in [0.1, 0.15) is 5.69 Å². The molecular formula is C11H16N4O2. The van der Waals surface area contributed by atoms with Crippen LogP contribution in [-0.4, -0.2) is 33.5 Å². The highest BCUT2D eigenvalue weighted by molar-refractivity contribution is 5.90. The van der Waals surface area contributed by atoms with Crippen molar-refractivity contribution in [2.24, 2.45) is 5.73 Å². The molecule has 6 nitrogen and oxygen atoms in total. The topological polar surface area (TPSA) is 92.1 Å². The van der Waals surface area contributed by atoms with Crippen LogP contribution in [0.2, 0.25) is 0 Å². The van der Waals surface area contributed by atoms with E-state index in [2.05, 4.69) is 10.2 Å². The second-order valence-electron chi connectivity index (χ2n) is 4.30. The standard InChI is InChI=1S/C11H16N4O2/c1-7(16)15-5-3-2-4-10(15)8-6-9(11(12)17)14-13-8/h6,10H,2-5H2,1H3,(H2,12,17)(H,13,14)/t10-/m1/s1. The molecule has 1 aliphatic heterocycles. The maximum atomic E-state index is 11.5. The lowest BCUT2D eigenvalue weighted by atomic mass is 9.99. The van der Waals surface area contributed by atoms with E-state index in [9.17, 15) is 9.59 Å². The number of hydrogen-bond donors (Lipinski definition) is 2. The monoisotopic (exact) mass is 236 g/mol. The molecule has 6 heteroatoms. The number of primary amides is 1. The Hall–Kier alpha value is -1.85. The number of aromatic nitrogens is 2. The van der Waals surface area contributed by atoms with Gasteiger partial charge < -0.3 is 10.6 Å². The van der Waals surface area contributed by atoms with Gasteiger partial charge in [0.2, 0.25) is 5.91 Å². The Morgan fingerprint density at radius 1 is 1.53 bits per heavy atom. The molecule has 2 amide bonds. The highest BCUT2D eigenvalue weighted by atomic mass is 16.2. The first-order valence-corrected chi connectivity index (χ1v) is 5.72. The predicted octanol–water partition coefficient (Wildman–Crippen LogP) is 0.582. The third-order valence-corrected chi connectivity index (χ3v) is 3.12. The van der Waals surface area contributed by atoms with Gasteiger partial charge in [-0.15, -0.1) is 0 Å². The maximum Gasteiger partial charge on any atom is 0.269 e. The zero-order valence-electron chi connectivity index (χ0n) is 9.77. The molecule has 3 N–H and O–H groups in total. The summed E-state index contributed by atoms with van der Waals surface area (Å²) in [6.45, 7) is 2.31. The van der Waals surface area contributed by atoms with Crippen LogP contribution in [-0.2, 0) is 4.79 Å². The zero-order chi connectivity index (χ0) is 12.4. The summed E-state index contributed by atoms with van der Waals surface area (Å²) in [6, 6.07) is 1.62. The fourth-order valence-electron chi connectivity index (χ4n) is 2.27. The summed E-state index contributed by atoms with van der Waals surface area (Å²) in [5.74, 6) is -0.511. The fraction of sp³-hybridized carbons (Fsp3) is 0.545. The van der Waals surface area contributed by atoms with Crippen molar-refractivity contribution >= 4 is 11.8 Å². The number of piperidine rings is 1. The first-order valence-electron chi connectivity index (χ1n) is 5.72. The van der Waals surface area contributed by atoms with Gasteiger partial charge in [-0.2, -0.15) is 5.10 Å². The van der Waals surface area contributed by atoms with Crippen LogP contribution in [0.15, 0.2) is 6.07 Å². The second-order valence-corrected chi connectivity index (χ2v) is 4.30. The van der Waals surface area contributed by atoms with Crippen molar-refractivity contribution in [1.29, 1.82) is 0 Å². The van der Waals surface area contributed by atoms with Gasteiger partial charge >= 0.3 is 0 Å². The van der Waals surface area contributed by atoms with E-state index >= 15 is 0 Å². The maximum absolute atomic E-state index is 11.5. The molecule has 0 unspecified atom stereocenters. The lowest BCUT2D eigenvalue weighted by molar-refractivity contribution is -0.132. The van der Waals surface area contributed by atoms with Gasteiger partial charge in [-0.25, -0.2) is 0 Å². The average molecular weight is 236 g/mol. The highest BCUT2D eigenvalue weighted by Crippen LogP contribution is 2.29. The molecule has 0 aliphatic carbocycles. The Morgan fingerprint density at radius 2 is 2.29 bits per heavy atom. The van der Waals surface area contributed by atoms with E-state index < -0.39 is 5.91 Å². The molecule has 0 radical (unpaired) electrons. The Balaban J connectivity index is 2.23. The number of H-pyrrole nitrogens is 1. The predicted molar refractivity (Wildman–Crippen MR) is 61.1 cm³/mol.